The Morgan fingerprint density at radius 3 is 1.40 bits per heavy atom. The lowest BCUT2D eigenvalue weighted by molar-refractivity contribution is -0.142. The van der Waals surface area contributed by atoms with Crippen molar-refractivity contribution >= 4 is 13.7 Å². The highest BCUT2D eigenvalue weighted by atomic mass is 28.4. The van der Waals surface area contributed by atoms with Gasteiger partial charge in [0.15, 0.2) is 0 Å². The summed E-state index contributed by atoms with van der Waals surface area (Å²) >= 11 is 0. The van der Waals surface area contributed by atoms with Crippen LogP contribution in [0.25, 0.3) is 0 Å². The molecule has 0 bridgehead atoms. The minimum atomic E-state index is -4.88. The molecule has 0 heterocycles. The van der Waals surface area contributed by atoms with Crippen molar-refractivity contribution in [3.05, 3.63) is 29.3 Å². The summed E-state index contributed by atoms with van der Waals surface area (Å²) < 4.78 is 86.2. The summed E-state index contributed by atoms with van der Waals surface area (Å²) in [4.78, 5) is 0. The van der Waals surface area contributed by atoms with Crippen molar-refractivity contribution in [2.24, 2.45) is 0 Å². The van der Waals surface area contributed by atoms with Crippen LogP contribution in [-0.4, -0.2) is 22.8 Å². The zero-order valence-corrected chi connectivity index (χ0v) is 11.8. The molecule has 0 N–H and O–H groups in total. The Morgan fingerprint density at radius 2 is 1.15 bits per heavy atom. The molecule has 0 saturated carbocycles. The van der Waals surface area contributed by atoms with Gasteiger partial charge in [-0.2, -0.15) is 26.3 Å². The highest BCUT2D eigenvalue weighted by Gasteiger charge is 2.41. The predicted octanol–water partition coefficient (Wildman–Crippen LogP) is 3.30. The first-order valence-electron chi connectivity index (χ1n) is 5.34. The minimum absolute atomic E-state index is 0.0731. The minimum Gasteiger partial charge on any atom is -0.394 e. The van der Waals surface area contributed by atoms with Crippen LogP contribution >= 0.6 is 0 Å². The first-order valence-corrected chi connectivity index (χ1v) is 7.66. The van der Waals surface area contributed by atoms with Gasteiger partial charge in [0, 0.05) is 14.2 Å². The Balaban J connectivity index is 3.54. The Labute approximate surface area is 112 Å². The predicted molar refractivity (Wildman–Crippen MR) is 61.7 cm³/mol. The molecule has 0 aliphatic rings. The van der Waals surface area contributed by atoms with Crippen molar-refractivity contribution < 1.29 is 35.2 Å². The second-order valence-electron chi connectivity index (χ2n) is 4.15. The van der Waals surface area contributed by atoms with Crippen molar-refractivity contribution in [2.45, 2.75) is 18.9 Å². The van der Waals surface area contributed by atoms with Gasteiger partial charge in [0.05, 0.1) is 11.1 Å². The maximum atomic E-state index is 12.7. The highest BCUT2D eigenvalue weighted by molar-refractivity contribution is 6.79. The molecule has 0 unspecified atom stereocenters. The van der Waals surface area contributed by atoms with Crippen LogP contribution in [0.3, 0.4) is 0 Å². The van der Waals surface area contributed by atoms with E-state index in [9.17, 15) is 26.3 Å². The lowest BCUT2D eigenvalue weighted by atomic mass is 10.1. The first-order chi connectivity index (χ1) is 8.94. The normalized spacial score (nSPS) is 13.7. The van der Waals surface area contributed by atoms with E-state index < -0.39 is 32.0 Å². The molecule has 9 heteroatoms. The van der Waals surface area contributed by atoms with Gasteiger partial charge in [-0.05, 0) is 29.9 Å². The fraction of sp³-hybridized carbons (Fsp3) is 0.455. The van der Waals surface area contributed by atoms with Gasteiger partial charge in [-0.1, -0.05) is 0 Å². The second-order valence-corrected chi connectivity index (χ2v) is 7.43. The molecular formula is C11H12F6O2Si. The zero-order chi connectivity index (χ0) is 15.8. The van der Waals surface area contributed by atoms with E-state index in [1.54, 1.807) is 0 Å². The van der Waals surface area contributed by atoms with Crippen molar-refractivity contribution in [1.29, 1.82) is 0 Å². The fourth-order valence-electron chi connectivity index (χ4n) is 1.54. The van der Waals surface area contributed by atoms with Crippen LogP contribution in [0.5, 0.6) is 0 Å². The van der Waals surface area contributed by atoms with Crippen molar-refractivity contribution in [2.75, 3.05) is 14.2 Å². The zero-order valence-electron chi connectivity index (χ0n) is 10.8. The summed E-state index contributed by atoms with van der Waals surface area (Å²) in [5, 5.41) is -0.232. The maximum absolute atomic E-state index is 12.7. The number of rotatable bonds is 3. The quantitative estimate of drug-likeness (QED) is 0.629. The van der Waals surface area contributed by atoms with Crippen LogP contribution in [0.1, 0.15) is 11.1 Å². The van der Waals surface area contributed by atoms with Crippen molar-refractivity contribution in [3.8, 4) is 0 Å². The largest absolute Gasteiger partial charge is 0.416 e. The fourth-order valence-corrected chi connectivity index (χ4v) is 3.01. The topological polar surface area (TPSA) is 18.5 Å². The molecule has 0 aromatic heterocycles. The molecule has 114 valence electrons. The van der Waals surface area contributed by atoms with Crippen LogP contribution in [0.15, 0.2) is 18.2 Å². The standard InChI is InChI=1S/C11H12F6O2Si/c1-18-20(3,19-2)9-5-7(10(12,13)14)4-8(6-9)11(15,16)17/h4-6H,1-3H3. The number of alkyl halides is 6. The molecule has 0 atom stereocenters. The third-order valence-electron chi connectivity index (χ3n) is 2.89. The summed E-state index contributed by atoms with van der Waals surface area (Å²) in [6, 6.07) is 1.34. The van der Waals surface area contributed by atoms with E-state index >= 15 is 0 Å². The molecule has 0 saturated heterocycles. The first kappa shape index (κ1) is 17.0. The van der Waals surface area contributed by atoms with E-state index in [0.717, 1.165) is 0 Å². The molecule has 20 heavy (non-hydrogen) atoms. The molecule has 0 spiro atoms. The molecule has 2 nitrogen and oxygen atoms in total. The SMILES string of the molecule is CO[Si](C)(OC)c1cc(C(F)(F)F)cc(C(F)(F)F)c1. The molecule has 1 rings (SSSR count). The number of halogens is 6. The van der Waals surface area contributed by atoms with Gasteiger partial charge in [0.2, 0.25) is 0 Å². The Bertz CT molecular complexity index is 447. The summed E-state index contributed by atoms with van der Waals surface area (Å²) in [6.07, 6.45) is -9.76. The Kier molecular flexibility index (Phi) is 4.57. The van der Waals surface area contributed by atoms with E-state index in [2.05, 4.69) is 0 Å². The summed E-state index contributed by atoms with van der Waals surface area (Å²) in [5.74, 6) is 0. The van der Waals surface area contributed by atoms with E-state index in [4.69, 9.17) is 8.85 Å². The Hall–Kier alpha value is -1.06. The monoisotopic (exact) mass is 318 g/mol. The summed E-state index contributed by atoms with van der Waals surface area (Å²) in [6.45, 7) is 1.36. The molecule has 0 aliphatic heterocycles. The Morgan fingerprint density at radius 1 is 0.800 bits per heavy atom. The van der Waals surface area contributed by atoms with Crippen LogP contribution in [0, 0.1) is 0 Å². The number of hydrogen-bond acceptors (Lipinski definition) is 2. The van der Waals surface area contributed by atoms with E-state index in [-0.39, 0.29) is 11.3 Å². The van der Waals surface area contributed by atoms with Crippen LogP contribution < -0.4 is 5.19 Å². The lowest BCUT2D eigenvalue weighted by Gasteiger charge is -2.25. The average Bonchev–Trinajstić information content (AvgIpc) is 2.35. The van der Waals surface area contributed by atoms with Gasteiger partial charge in [0.1, 0.15) is 0 Å². The van der Waals surface area contributed by atoms with E-state index in [1.165, 1.54) is 20.8 Å². The van der Waals surface area contributed by atoms with E-state index in [1.807, 2.05) is 0 Å². The molecule has 0 radical (unpaired) electrons. The van der Waals surface area contributed by atoms with Crippen molar-refractivity contribution in [3.63, 3.8) is 0 Å². The summed E-state index contributed by atoms with van der Waals surface area (Å²) in [5.41, 5.74) is -2.76. The molecule has 0 fully saturated rings. The van der Waals surface area contributed by atoms with Crippen LogP contribution in [0.2, 0.25) is 6.55 Å². The van der Waals surface area contributed by atoms with Gasteiger partial charge >= 0.3 is 20.9 Å². The average molecular weight is 318 g/mol. The third-order valence-corrected chi connectivity index (χ3v) is 5.79. The highest BCUT2D eigenvalue weighted by Crippen LogP contribution is 2.35. The molecule has 1 aromatic carbocycles. The molecule has 0 aliphatic carbocycles. The van der Waals surface area contributed by atoms with Crippen LogP contribution in [0.4, 0.5) is 26.3 Å². The maximum Gasteiger partial charge on any atom is 0.416 e. The molecular weight excluding hydrogens is 306 g/mol. The summed E-state index contributed by atoms with van der Waals surface area (Å²) in [7, 11) is -0.926. The van der Waals surface area contributed by atoms with Crippen molar-refractivity contribution in [1.82, 2.24) is 0 Å². The van der Waals surface area contributed by atoms with Crippen LogP contribution in [-0.2, 0) is 21.2 Å². The smallest absolute Gasteiger partial charge is 0.394 e. The van der Waals surface area contributed by atoms with Gasteiger partial charge in [-0.3, -0.25) is 0 Å². The van der Waals surface area contributed by atoms with Gasteiger partial charge in [-0.15, -0.1) is 0 Å². The third kappa shape index (κ3) is 3.52. The lowest BCUT2D eigenvalue weighted by Crippen LogP contribution is -2.50. The van der Waals surface area contributed by atoms with E-state index in [0.29, 0.717) is 12.1 Å². The number of benzene rings is 1. The number of hydrogen-bond donors (Lipinski definition) is 0. The molecule has 0 amide bonds. The van der Waals surface area contributed by atoms with Gasteiger partial charge in [-0.25, -0.2) is 0 Å². The molecule has 1 aromatic rings. The van der Waals surface area contributed by atoms with Gasteiger partial charge < -0.3 is 8.85 Å². The second kappa shape index (κ2) is 5.38. The van der Waals surface area contributed by atoms with Gasteiger partial charge in [0.25, 0.3) is 0 Å².